The van der Waals surface area contributed by atoms with Crippen molar-refractivity contribution in [1.29, 1.82) is 0 Å². The van der Waals surface area contributed by atoms with Crippen molar-refractivity contribution in [2.24, 2.45) is 0 Å². The van der Waals surface area contributed by atoms with Gasteiger partial charge in [-0.1, -0.05) is 35.9 Å². The number of ether oxygens (including phenoxy) is 1. The number of nitro benzene ring substituents is 1. The minimum atomic E-state index is -0.599. The number of halogens is 1. The van der Waals surface area contributed by atoms with E-state index in [0.717, 1.165) is 31.4 Å². The minimum absolute atomic E-state index is 0.0826. The Hall–Kier alpha value is -3.22. The Kier molecular flexibility index (Phi) is 5.64. The zero-order chi connectivity index (χ0) is 23.1. The molecule has 0 saturated heterocycles. The van der Waals surface area contributed by atoms with Crippen LogP contribution in [0, 0.1) is 10.1 Å². The van der Waals surface area contributed by atoms with Crippen LogP contribution in [0.4, 0.5) is 5.69 Å². The lowest BCUT2D eigenvalue weighted by Gasteiger charge is -2.38. The van der Waals surface area contributed by atoms with Crippen molar-refractivity contribution in [3.63, 3.8) is 0 Å². The number of carbonyl (C=O) groups is 1. The Morgan fingerprint density at radius 1 is 1.06 bits per heavy atom. The zero-order valence-electron chi connectivity index (χ0n) is 18.2. The molecular weight excluding hydrogens is 440 g/mol. The number of hydrogen-bond donors (Lipinski definition) is 0. The molecule has 0 N–H and O–H groups in total. The number of likely N-dealkylation sites (N-methyl/N-ethyl adjacent to an activating group) is 1. The van der Waals surface area contributed by atoms with E-state index in [9.17, 15) is 14.9 Å². The quantitative estimate of drug-likeness (QED) is 0.225. The molecule has 0 bridgehead atoms. The van der Waals surface area contributed by atoms with Gasteiger partial charge in [0.1, 0.15) is 5.75 Å². The highest BCUT2D eigenvalue weighted by Crippen LogP contribution is 2.44. The second-order valence-corrected chi connectivity index (χ2v) is 9.10. The van der Waals surface area contributed by atoms with Gasteiger partial charge in [-0.15, -0.1) is 0 Å². The van der Waals surface area contributed by atoms with E-state index in [2.05, 4.69) is 36.2 Å². The third kappa shape index (κ3) is 4.01. The molecule has 1 unspecified atom stereocenters. The number of rotatable bonds is 3. The summed E-state index contributed by atoms with van der Waals surface area (Å²) in [6.07, 6.45) is 2.99. The Morgan fingerprint density at radius 3 is 2.58 bits per heavy atom. The van der Waals surface area contributed by atoms with Gasteiger partial charge >= 0.3 is 5.97 Å². The lowest BCUT2D eigenvalue weighted by Crippen LogP contribution is -2.39. The molecule has 0 spiro atoms. The average molecular weight is 463 g/mol. The van der Waals surface area contributed by atoms with Crippen LogP contribution in [-0.4, -0.2) is 35.4 Å². The summed E-state index contributed by atoms with van der Waals surface area (Å²) >= 11 is 6.54. The first-order chi connectivity index (χ1) is 15.9. The molecule has 0 radical (unpaired) electrons. The van der Waals surface area contributed by atoms with E-state index >= 15 is 0 Å². The second kappa shape index (κ2) is 8.61. The van der Waals surface area contributed by atoms with Gasteiger partial charge in [-0.3, -0.25) is 10.1 Å². The summed E-state index contributed by atoms with van der Waals surface area (Å²) in [5.41, 5.74) is 5.14. The lowest BCUT2D eigenvalue weighted by molar-refractivity contribution is -0.384. The SMILES string of the molecule is CN1CCc2cc(Cl)c(OC(=O)c3ccc([N+](=O)[O-])cc3)cc2C2c3ccccc3CC[C@@H]21. The van der Waals surface area contributed by atoms with Crippen LogP contribution in [0.3, 0.4) is 0 Å². The predicted octanol–water partition coefficient (Wildman–Crippen LogP) is 5.40. The van der Waals surface area contributed by atoms with E-state index in [-0.39, 0.29) is 17.2 Å². The van der Waals surface area contributed by atoms with Gasteiger partial charge in [0.25, 0.3) is 5.69 Å². The Labute approximate surface area is 196 Å². The van der Waals surface area contributed by atoms with Crippen molar-refractivity contribution in [2.75, 3.05) is 13.6 Å². The maximum atomic E-state index is 12.8. The van der Waals surface area contributed by atoms with E-state index in [4.69, 9.17) is 16.3 Å². The molecule has 0 amide bonds. The van der Waals surface area contributed by atoms with E-state index in [1.54, 1.807) is 0 Å². The first kappa shape index (κ1) is 21.6. The number of fused-ring (bicyclic) bond motifs is 5. The summed E-state index contributed by atoms with van der Waals surface area (Å²) in [5.74, 6) is -0.116. The molecule has 2 atom stereocenters. The van der Waals surface area contributed by atoms with Gasteiger partial charge in [0, 0.05) is 30.6 Å². The Balaban J connectivity index is 1.52. The molecule has 0 saturated carbocycles. The molecule has 1 aliphatic carbocycles. The van der Waals surface area contributed by atoms with Crippen LogP contribution in [0.5, 0.6) is 5.75 Å². The van der Waals surface area contributed by atoms with Crippen LogP contribution in [0.25, 0.3) is 0 Å². The largest absolute Gasteiger partial charge is 0.421 e. The topological polar surface area (TPSA) is 72.7 Å². The fourth-order valence-electron chi connectivity index (χ4n) is 5.13. The maximum Gasteiger partial charge on any atom is 0.343 e. The summed E-state index contributed by atoms with van der Waals surface area (Å²) in [7, 11) is 2.18. The normalized spacial score (nSPS) is 19.6. The van der Waals surface area contributed by atoms with Crippen LogP contribution in [0.2, 0.25) is 5.02 Å². The Bertz CT molecular complexity index is 1240. The number of nitro groups is 1. The summed E-state index contributed by atoms with van der Waals surface area (Å²) < 4.78 is 5.68. The van der Waals surface area contributed by atoms with Gasteiger partial charge < -0.3 is 9.64 Å². The van der Waals surface area contributed by atoms with Gasteiger partial charge in [0.15, 0.2) is 0 Å². The van der Waals surface area contributed by atoms with Gasteiger partial charge in [-0.05, 0) is 72.8 Å². The highest BCUT2D eigenvalue weighted by molar-refractivity contribution is 6.32. The lowest BCUT2D eigenvalue weighted by atomic mass is 9.74. The summed E-state index contributed by atoms with van der Waals surface area (Å²) in [5, 5.41) is 11.3. The molecule has 3 aromatic carbocycles. The summed E-state index contributed by atoms with van der Waals surface area (Å²) in [6.45, 7) is 0.939. The van der Waals surface area contributed by atoms with Gasteiger partial charge in [-0.2, -0.15) is 0 Å². The van der Waals surface area contributed by atoms with Crippen molar-refractivity contribution in [3.05, 3.63) is 104 Å². The van der Waals surface area contributed by atoms with E-state index in [0.29, 0.717) is 16.8 Å². The van der Waals surface area contributed by atoms with Crippen LogP contribution in [0.15, 0.2) is 60.7 Å². The number of non-ortho nitro benzene ring substituents is 1. The van der Waals surface area contributed by atoms with E-state index in [1.165, 1.54) is 41.0 Å². The average Bonchev–Trinajstić information content (AvgIpc) is 2.96. The predicted molar refractivity (Wildman–Crippen MR) is 126 cm³/mol. The van der Waals surface area contributed by atoms with E-state index in [1.807, 2.05) is 12.1 Å². The molecule has 3 aromatic rings. The molecule has 7 heteroatoms. The van der Waals surface area contributed by atoms with Crippen molar-refractivity contribution in [3.8, 4) is 5.75 Å². The summed E-state index contributed by atoms with van der Waals surface area (Å²) in [6, 6.07) is 18.1. The first-order valence-electron chi connectivity index (χ1n) is 11.0. The number of benzene rings is 3. The molecule has 1 aliphatic heterocycles. The van der Waals surface area contributed by atoms with Crippen LogP contribution >= 0.6 is 11.6 Å². The minimum Gasteiger partial charge on any atom is -0.421 e. The molecular formula is C26H23ClN2O4. The second-order valence-electron chi connectivity index (χ2n) is 8.69. The van der Waals surface area contributed by atoms with Crippen LogP contribution in [0.1, 0.15) is 45.0 Å². The van der Waals surface area contributed by atoms with E-state index < -0.39 is 10.9 Å². The third-order valence-electron chi connectivity index (χ3n) is 6.83. The number of hydrogen-bond acceptors (Lipinski definition) is 5. The van der Waals surface area contributed by atoms with Crippen molar-refractivity contribution < 1.29 is 14.5 Å². The standard InChI is InChI=1S/C26H23ClN2O4/c1-28-13-12-18-14-22(27)24(33-26(30)17-6-9-19(10-7-17)29(31)32)15-21(18)25-20-5-3-2-4-16(20)8-11-23(25)28/h2-7,9-10,14-15,23,25H,8,11-13H2,1H3/t23-,25?/m0/s1. The smallest absolute Gasteiger partial charge is 0.343 e. The van der Waals surface area contributed by atoms with Gasteiger partial charge in [0.05, 0.1) is 15.5 Å². The molecule has 0 fully saturated rings. The van der Waals surface area contributed by atoms with Gasteiger partial charge in [0.2, 0.25) is 0 Å². The fraction of sp³-hybridized carbons (Fsp3) is 0.269. The number of esters is 1. The first-order valence-corrected chi connectivity index (χ1v) is 11.4. The van der Waals surface area contributed by atoms with Crippen LogP contribution < -0.4 is 4.74 Å². The maximum absolute atomic E-state index is 12.8. The molecule has 33 heavy (non-hydrogen) atoms. The fourth-order valence-corrected chi connectivity index (χ4v) is 5.35. The molecule has 1 heterocycles. The van der Waals surface area contributed by atoms with Crippen molar-refractivity contribution in [1.82, 2.24) is 4.90 Å². The highest BCUT2D eigenvalue weighted by Gasteiger charge is 2.37. The number of aryl methyl sites for hydroxylation is 1. The molecule has 2 aliphatic rings. The Morgan fingerprint density at radius 2 is 1.82 bits per heavy atom. The zero-order valence-corrected chi connectivity index (χ0v) is 18.9. The molecule has 5 rings (SSSR count). The third-order valence-corrected chi connectivity index (χ3v) is 7.13. The van der Waals surface area contributed by atoms with Crippen molar-refractivity contribution >= 4 is 23.3 Å². The molecule has 168 valence electrons. The van der Waals surface area contributed by atoms with Gasteiger partial charge in [-0.25, -0.2) is 4.79 Å². The highest BCUT2D eigenvalue weighted by atomic mass is 35.5. The molecule has 0 aromatic heterocycles. The molecule has 6 nitrogen and oxygen atoms in total. The van der Waals surface area contributed by atoms with Crippen molar-refractivity contribution in [2.45, 2.75) is 31.2 Å². The number of carbonyl (C=O) groups excluding carboxylic acids is 1. The monoisotopic (exact) mass is 462 g/mol. The van der Waals surface area contributed by atoms with Crippen LogP contribution in [-0.2, 0) is 12.8 Å². The summed E-state index contributed by atoms with van der Waals surface area (Å²) in [4.78, 5) is 25.6. The number of nitrogens with zero attached hydrogens (tertiary/aromatic N) is 2.